The third-order valence-electron chi connectivity index (χ3n) is 3.04. The zero-order valence-corrected chi connectivity index (χ0v) is 11.9. The van der Waals surface area contributed by atoms with Crippen molar-refractivity contribution in [1.29, 1.82) is 0 Å². The van der Waals surface area contributed by atoms with Gasteiger partial charge in [0.15, 0.2) is 0 Å². The van der Waals surface area contributed by atoms with Crippen LogP contribution >= 0.6 is 0 Å². The molecule has 0 atom stereocenters. The molecule has 1 aliphatic heterocycles. The van der Waals surface area contributed by atoms with Gasteiger partial charge >= 0.3 is 0 Å². The SMILES string of the molecule is CCS(=O)(=O)N1CCCN(C(C)(C)C)CC1=O. The summed E-state index contributed by atoms with van der Waals surface area (Å²) in [4.78, 5) is 14.0. The lowest BCUT2D eigenvalue weighted by Crippen LogP contribution is -2.46. The third kappa shape index (κ3) is 3.42. The molecule has 0 saturated carbocycles. The highest BCUT2D eigenvalue weighted by Crippen LogP contribution is 2.18. The highest BCUT2D eigenvalue weighted by Gasteiger charge is 2.33. The second-order valence-corrected chi connectivity index (χ2v) is 7.49. The van der Waals surface area contributed by atoms with Crippen molar-refractivity contribution in [2.45, 2.75) is 39.7 Å². The van der Waals surface area contributed by atoms with Crippen molar-refractivity contribution in [2.75, 3.05) is 25.4 Å². The number of amides is 1. The van der Waals surface area contributed by atoms with Gasteiger partial charge in [0.2, 0.25) is 15.9 Å². The molecule has 17 heavy (non-hydrogen) atoms. The number of sulfonamides is 1. The van der Waals surface area contributed by atoms with E-state index in [1.165, 1.54) is 0 Å². The highest BCUT2D eigenvalue weighted by atomic mass is 32.2. The second-order valence-electron chi connectivity index (χ2n) is 5.31. The summed E-state index contributed by atoms with van der Waals surface area (Å²) in [6.07, 6.45) is 0.697. The fourth-order valence-corrected chi connectivity index (χ4v) is 2.96. The van der Waals surface area contributed by atoms with Crippen LogP contribution < -0.4 is 0 Å². The van der Waals surface area contributed by atoms with E-state index in [1.54, 1.807) is 6.92 Å². The Morgan fingerprint density at radius 3 is 2.29 bits per heavy atom. The van der Waals surface area contributed by atoms with E-state index in [2.05, 4.69) is 0 Å². The normalized spacial score (nSPS) is 20.5. The molecule has 0 unspecified atom stereocenters. The molecule has 5 nitrogen and oxygen atoms in total. The summed E-state index contributed by atoms with van der Waals surface area (Å²) in [6, 6.07) is 0. The van der Waals surface area contributed by atoms with Crippen LogP contribution in [-0.4, -0.2) is 54.5 Å². The average molecular weight is 262 g/mol. The van der Waals surface area contributed by atoms with Crippen LogP contribution in [-0.2, 0) is 14.8 Å². The van der Waals surface area contributed by atoms with Gasteiger partial charge in [-0.15, -0.1) is 0 Å². The monoisotopic (exact) mass is 262 g/mol. The van der Waals surface area contributed by atoms with Crippen molar-refractivity contribution in [3.05, 3.63) is 0 Å². The van der Waals surface area contributed by atoms with E-state index in [1.807, 2.05) is 25.7 Å². The fraction of sp³-hybridized carbons (Fsp3) is 0.909. The predicted octanol–water partition coefficient (Wildman–Crippen LogP) is 0.669. The summed E-state index contributed by atoms with van der Waals surface area (Å²) >= 11 is 0. The summed E-state index contributed by atoms with van der Waals surface area (Å²) < 4.78 is 24.6. The summed E-state index contributed by atoms with van der Waals surface area (Å²) in [5.41, 5.74) is -0.109. The van der Waals surface area contributed by atoms with E-state index in [9.17, 15) is 13.2 Å². The summed E-state index contributed by atoms with van der Waals surface area (Å²) in [5, 5.41) is 0. The van der Waals surface area contributed by atoms with Crippen LogP contribution in [0.3, 0.4) is 0 Å². The number of hydrogen-bond acceptors (Lipinski definition) is 4. The molecule has 100 valence electrons. The van der Waals surface area contributed by atoms with E-state index in [4.69, 9.17) is 0 Å². The fourth-order valence-electron chi connectivity index (χ4n) is 1.87. The lowest BCUT2D eigenvalue weighted by atomic mass is 10.1. The quantitative estimate of drug-likeness (QED) is 0.734. The van der Waals surface area contributed by atoms with Gasteiger partial charge in [-0.3, -0.25) is 9.69 Å². The van der Waals surface area contributed by atoms with Gasteiger partial charge in [0.25, 0.3) is 0 Å². The predicted molar refractivity (Wildman–Crippen MR) is 67.1 cm³/mol. The maximum absolute atomic E-state index is 12.0. The van der Waals surface area contributed by atoms with E-state index >= 15 is 0 Å². The first-order valence-corrected chi connectivity index (χ1v) is 7.57. The molecular weight excluding hydrogens is 240 g/mol. The summed E-state index contributed by atoms with van der Waals surface area (Å²) in [5.74, 6) is -0.326. The van der Waals surface area contributed by atoms with Crippen molar-refractivity contribution in [2.24, 2.45) is 0 Å². The number of carbonyl (C=O) groups excluding carboxylic acids is 1. The number of carbonyl (C=O) groups is 1. The maximum Gasteiger partial charge on any atom is 0.250 e. The molecule has 1 rings (SSSR count). The van der Waals surface area contributed by atoms with Crippen molar-refractivity contribution in [1.82, 2.24) is 9.21 Å². The number of rotatable bonds is 2. The molecule has 0 N–H and O–H groups in total. The van der Waals surface area contributed by atoms with E-state index in [0.29, 0.717) is 13.0 Å². The minimum absolute atomic E-state index is 0.0196. The Hall–Kier alpha value is -0.620. The molecular formula is C11H22N2O3S. The van der Waals surface area contributed by atoms with Crippen LogP contribution in [0.4, 0.5) is 0 Å². The molecule has 0 bridgehead atoms. The smallest absolute Gasteiger partial charge is 0.250 e. The third-order valence-corrected chi connectivity index (χ3v) is 4.83. The molecule has 0 aromatic rings. The minimum Gasteiger partial charge on any atom is -0.289 e. The first kappa shape index (κ1) is 14.4. The number of nitrogens with zero attached hydrogens (tertiary/aromatic N) is 2. The van der Waals surface area contributed by atoms with Crippen LogP contribution in [0.5, 0.6) is 0 Å². The van der Waals surface area contributed by atoms with Crippen molar-refractivity contribution < 1.29 is 13.2 Å². The van der Waals surface area contributed by atoms with Crippen LogP contribution in [0.15, 0.2) is 0 Å². The molecule has 0 spiro atoms. The van der Waals surface area contributed by atoms with Gasteiger partial charge in [-0.25, -0.2) is 12.7 Å². The maximum atomic E-state index is 12.0. The van der Waals surface area contributed by atoms with Gasteiger partial charge in [-0.05, 0) is 34.1 Å². The zero-order valence-electron chi connectivity index (χ0n) is 11.1. The van der Waals surface area contributed by atoms with E-state index in [0.717, 1.165) is 10.8 Å². The molecule has 0 radical (unpaired) electrons. The lowest BCUT2D eigenvalue weighted by Gasteiger charge is -2.33. The Morgan fingerprint density at radius 1 is 1.24 bits per heavy atom. The largest absolute Gasteiger partial charge is 0.289 e. The molecule has 6 heteroatoms. The van der Waals surface area contributed by atoms with E-state index in [-0.39, 0.29) is 23.7 Å². The average Bonchev–Trinajstić information content (AvgIpc) is 2.39. The Bertz CT molecular complexity index is 384. The summed E-state index contributed by atoms with van der Waals surface area (Å²) in [6.45, 7) is 8.91. The van der Waals surface area contributed by atoms with Gasteiger partial charge in [0.1, 0.15) is 0 Å². The number of hydrogen-bond donors (Lipinski definition) is 0. The molecule has 0 aromatic carbocycles. The molecule has 0 aliphatic carbocycles. The molecule has 1 amide bonds. The van der Waals surface area contributed by atoms with Crippen molar-refractivity contribution in [3.8, 4) is 0 Å². The van der Waals surface area contributed by atoms with Crippen LogP contribution in [0, 0.1) is 0 Å². The Labute approximate surface area is 104 Å². The first-order valence-electron chi connectivity index (χ1n) is 5.97. The minimum atomic E-state index is -3.41. The van der Waals surface area contributed by atoms with E-state index < -0.39 is 10.0 Å². The molecule has 1 heterocycles. The van der Waals surface area contributed by atoms with Gasteiger partial charge < -0.3 is 0 Å². The van der Waals surface area contributed by atoms with Crippen LogP contribution in [0.2, 0.25) is 0 Å². The molecule has 0 aromatic heterocycles. The zero-order chi connectivity index (χ0) is 13.3. The molecule has 1 fully saturated rings. The van der Waals surface area contributed by atoms with Crippen LogP contribution in [0.1, 0.15) is 34.1 Å². The van der Waals surface area contributed by atoms with Crippen molar-refractivity contribution >= 4 is 15.9 Å². The van der Waals surface area contributed by atoms with Gasteiger partial charge in [0.05, 0.1) is 12.3 Å². The molecule has 1 aliphatic rings. The Morgan fingerprint density at radius 2 is 1.82 bits per heavy atom. The van der Waals surface area contributed by atoms with Gasteiger partial charge in [-0.2, -0.15) is 0 Å². The van der Waals surface area contributed by atoms with Gasteiger partial charge in [-0.1, -0.05) is 0 Å². The second kappa shape index (κ2) is 4.94. The summed E-state index contributed by atoms with van der Waals surface area (Å²) in [7, 11) is -3.41. The standard InChI is InChI=1S/C11H22N2O3S/c1-5-17(15,16)13-8-6-7-12(9-10(13)14)11(2,3)4/h5-9H2,1-4H3. The van der Waals surface area contributed by atoms with Crippen LogP contribution in [0.25, 0.3) is 0 Å². The Balaban J connectivity index is 2.88. The van der Waals surface area contributed by atoms with Gasteiger partial charge in [0, 0.05) is 18.6 Å². The Kier molecular flexibility index (Phi) is 4.19. The molecule has 1 saturated heterocycles. The first-order chi connectivity index (χ1) is 7.68. The highest BCUT2D eigenvalue weighted by molar-refractivity contribution is 7.89. The lowest BCUT2D eigenvalue weighted by molar-refractivity contribution is -0.127. The van der Waals surface area contributed by atoms with Crippen molar-refractivity contribution in [3.63, 3.8) is 0 Å². The topological polar surface area (TPSA) is 57.7 Å².